The van der Waals surface area contributed by atoms with Crippen molar-refractivity contribution in [2.75, 3.05) is 7.11 Å². The Balaban J connectivity index is 2.61. The molecule has 0 saturated heterocycles. The van der Waals surface area contributed by atoms with Crippen LogP contribution in [-0.4, -0.2) is 13.2 Å². The summed E-state index contributed by atoms with van der Waals surface area (Å²) >= 11 is 0. The van der Waals surface area contributed by atoms with E-state index in [4.69, 9.17) is 4.74 Å². The Morgan fingerprint density at radius 3 is 1.91 bits per heavy atom. The Morgan fingerprint density at radius 1 is 1.18 bits per heavy atom. The normalized spacial score (nSPS) is 37.0. The molecule has 1 saturated carbocycles. The molecular formula is C10H16O. The van der Waals surface area contributed by atoms with Gasteiger partial charge in [-0.2, -0.15) is 0 Å². The summed E-state index contributed by atoms with van der Waals surface area (Å²) in [7, 11) is 1.77. The van der Waals surface area contributed by atoms with Crippen LogP contribution in [0.2, 0.25) is 0 Å². The molecule has 3 atom stereocenters. The second kappa shape index (κ2) is 3.72. The zero-order valence-corrected chi connectivity index (χ0v) is 7.12. The van der Waals surface area contributed by atoms with Crippen LogP contribution in [0, 0.1) is 11.8 Å². The zero-order chi connectivity index (χ0) is 8.27. The van der Waals surface area contributed by atoms with Gasteiger partial charge in [0.2, 0.25) is 0 Å². The third-order valence-corrected chi connectivity index (χ3v) is 2.55. The van der Waals surface area contributed by atoms with E-state index >= 15 is 0 Å². The molecule has 11 heavy (non-hydrogen) atoms. The standard InChI is InChI=1S/C10H16O/c1-4-8-6-7-9(5-2)10(8)11-3/h4-5,8-10H,1-2,6-7H2,3H3/t8-,9+,10?. The van der Waals surface area contributed by atoms with Crippen molar-refractivity contribution in [3.05, 3.63) is 25.3 Å². The fourth-order valence-electron chi connectivity index (χ4n) is 1.88. The highest BCUT2D eigenvalue weighted by Crippen LogP contribution is 2.34. The van der Waals surface area contributed by atoms with E-state index < -0.39 is 0 Å². The van der Waals surface area contributed by atoms with E-state index in [-0.39, 0.29) is 0 Å². The molecule has 0 N–H and O–H groups in total. The first-order chi connectivity index (χ1) is 5.33. The maximum atomic E-state index is 5.38. The second-order valence-electron chi connectivity index (χ2n) is 3.08. The molecule has 62 valence electrons. The molecule has 1 fully saturated rings. The molecule has 1 rings (SSSR count). The first-order valence-electron chi connectivity index (χ1n) is 4.11. The van der Waals surface area contributed by atoms with Gasteiger partial charge in [-0.25, -0.2) is 0 Å². The maximum Gasteiger partial charge on any atom is 0.0696 e. The molecule has 0 aliphatic heterocycles. The Bertz CT molecular complexity index is 135. The van der Waals surface area contributed by atoms with Gasteiger partial charge in [0.25, 0.3) is 0 Å². The molecule has 1 nitrogen and oxygen atoms in total. The molecule has 0 aromatic rings. The van der Waals surface area contributed by atoms with Crippen LogP contribution < -0.4 is 0 Å². The van der Waals surface area contributed by atoms with Gasteiger partial charge < -0.3 is 4.74 Å². The van der Waals surface area contributed by atoms with Gasteiger partial charge in [-0.15, -0.1) is 13.2 Å². The fraction of sp³-hybridized carbons (Fsp3) is 0.600. The molecule has 1 heteroatoms. The minimum atomic E-state index is 0.324. The Kier molecular flexibility index (Phi) is 2.89. The molecule has 0 amide bonds. The average Bonchev–Trinajstić information content (AvgIpc) is 2.45. The Hall–Kier alpha value is -0.560. The molecule has 1 aliphatic carbocycles. The Labute approximate surface area is 68.8 Å². The van der Waals surface area contributed by atoms with Crippen LogP contribution in [0.3, 0.4) is 0 Å². The molecular weight excluding hydrogens is 136 g/mol. The van der Waals surface area contributed by atoms with Crippen molar-refractivity contribution in [1.82, 2.24) is 0 Å². The van der Waals surface area contributed by atoms with Crippen molar-refractivity contribution in [2.24, 2.45) is 11.8 Å². The summed E-state index contributed by atoms with van der Waals surface area (Å²) in [6.07, 6.45) is 6.71. The molecule has 0 spiro atoms. The topological polar surface area (TPSA) is 9.23 Å². The van der Waals surface area contributed by atoms with Crippen molar-refractivity contribution in [3.8, 4) is 0 Å². The highest BCUT2D eigenvalue weighted by molar-refractivity contribution is 5.00. The number of methoxy groups -OCH3 is 1. The SMILES string of the molecule is C=C[C@@H]1CC[C@H](C=C)C1OC. The Morgan fingerprint density at radius 2 is 1.64 bits per heavy atom. The van der Waals surface area contributed by atoms with E-state index in [1.54, 1.807) is 7.11 Å². The maximum absolute atomic E-state index is 5.38. The first-order valence-corrected chi connectivity index (χ1v) is 4.11. The van der Waals surface area contributed by atoms with Gasteiger partial charge in [-0.3, -0.25) is 0 Å². The number of hydrogen-bond donors (Lipinski definition) is 0. The minimum absolute atomic E-state index is 0.324. The van der Waals surface area contributed by atoms with Crippen molar-refractivity contribution in [2.45, 2.75) is 18.9 Å². The minimum Gasteiger partial charge on any atom is -0.380 e. The molecule has 0 aromatic carbocycles. The molecule has 1 aliphatic rings. The molecule has 1 unspecified atom stereocenters. The quantitative estimate of drug-likeness (QED) is 0.564. The number of ether oxygens (including phenoxy) is 1. The van der Waals surface area contributed by atoms with E-state index in [1.165, 1.54) is 12.8 Å². The molecule has 0 heterocycles. The van der Waals surface area contributed by atoms with Crippen molar-refractivity contribution >= 4 is 0 Å². The average molecular weight is 152 g/mol. The van der Waals surface area contributed by atoms with Crippen LogP contribution in [0.5, 0.6) is 0 Å². The summed E-state index contributed by atoms with van der Waals surface area (Å²) in [6.45, 7) is 7.59. The predicted octanol–water partition coefficient (Wildman–Crippen LogP) is 2.40. The lowest BCUT2D eigenvalue weighted by Crippen LogP contribution is -2.20. The van der Waals surface area contributed by atoms with Gasteiger partial charge in [-0.05, 0) is 12.8 Å². The van der Waals surface area contributed by atoms with Gasteiger partial charge in [0.15, 0.2) is 0 Å². The van der Waals surface area contributed by atoms with Crippen LogP contribution in [0.1, 0.15) is 12.8 Å². The number of rotatable bonds is 3. The second-order valence-corrected chi connectivity index (χ2v) is 3.08. The van der Waals surface area contributed by atoms with Gasteiger partial charge in [0.05, 0.1) is 6.10 Å². The van der Waals surface area contributed by atoms with Gasteiger partial charge >= 0.3 is 0 Å². The van der Waals surface area contributed by atoms with Crippen molar-refractivity contribution in [1.29, 1.82) is 0 Å². The van der Waals surface area contributed by atoms with Crippen LogP contribution in [0.4, 0.5) is 0 Å². The predicted molar refractivity (Wildman–Crippen MR) is 47.4 cm³/mol. The van der Waals surface area contributed by atoms with E-state index in [0.29, 0.717) is 17.9 Å². The molecule has 0 radical (unpaired) electrons. The van der Waals surface area contributed by atoms with Gasteiger partial charge in [-0.1, -0.05) is 12.2 Å². The smallest absolute Gasteiger partial charge is 0.0696 e. The third kappa shape index (κ3) is 1.54. The largest absolute Gasteiger partial charge is 0.380 e. The van der Waals surface area contributed by atoms with Gasteiger partial charge in [0.1, 0.15) is 0 Å². The summed E-state index contributed by atoms with van der Waals surface area (Å²) in [5.74, 6) is 1.06. The summed E-state index contributed by atoms with van der Waals surface area (Å²) in [5.41, 5.74) is 0. The van der Waals surface area contributed by atoms with Crippen molar-refractivity contribution < 1.29 is 4.74 Å². The summed E-state index contributed by atoms with van der Waals surface area (Å²) in [5, 5.41) is 0. The lowest BCUT2D eigenvalue weighted by atomic mass is 10.0. The molecule has 0 aromatic heterocycles. The summed E-state index contributed by atoms with van der Waals surface area (Å²) < 4.78 is 5.38. The van der Waals surface area contributed by atoms with E-state index in [2.05, 4.69) is 13.2 Å². The zero-order valence-electron chi connectivity index (χ0n) is 7.12. The lowest BCUT2D eigenvalue weighted by molar-refractivity contribution is 0.0648. The van der Waals surface area contributed by atoms with E-state index in [0.717, 1.165) is 0 Å². The van der Waals surface area contributed by atoms with Crippen LogP contribution in [0.15, 0.2) is 25.3 Å². The van der Waals surface area contributed by atoms with Gasteiger partial charge in [0, 0.05) is 18.9 Å². The third-order valence-electron chi connectivity index (χ3n) is 2.55. The highest BCUT2D eigenvalue weighted by atomic mass is 16.5. The molecule has 0 bridgehead atoms. The monoisotopic (exact) mass is 152 g/mol. The number of hydrogen-bond acceptors (Lipinski definition) is 1. The van der Waals surface area contributed by atoms with Crippen molar-refractivity contribution in [3.63, 3.8) is 0 Å². The summed E-state index contributed by atoms with van der Waals surface area (Å²) in [6, 6.07) is 0. The van der Waals surface area contributed by atoms with Crippen LogP contribution in [-0.2, 0) is 4.74 Å². The lowest BCUT2D eigenvalue weighted by Gasteiger charge is -2.18. The van der Waals surface area contributed by atoms with Crippen LogP contribution in [0.25, 0.3) is 0 Å². The highest BCUT2D eigenvalue weighted by Gasteiger charge is 2.32. The first kappa shape index (κ1) is 8.54. The van der Waals surface area contributed by atoms with E-state index in [1.807, 2.05) is 12.2 Å². The van der Waals surface area contributed by atoms with E-state index in [9.17, 15) is 0 Å². The summed E-state index contributed by atoms with van der Waals surface area (Å²) in [4.78, 5) is 0. The fourth-order valence-corrected chi connectivity index (χ4v) is 1.88. The van der Waals surface area contributed by atoms with Crippen LogP contribution >= 0.6 is 0 Å².